The van der Waals surface area contributed by atoms with Gasteiger partial charge in [0.15, 0.2) is 0 Å². The molecule has 1 aliphatic carbocycles. The summed E-state index contributed by atoms with van der Waals surface area (Å²) in [5, 5.41) is 3.37. The number of hydrogen-bond acceptors (Lipinski definition) is 4. The second kappa shape index (κ2) is 4.69. The van der Waals surface area contributed by atoms with Crippen LogP contribution in [-0.2, 0) is 4.74 Å². The van der Waals surface area contributed by atoms with Crippen molar-refractivity contribution in [1.29, 1.82) is 0 Å². The number of methoxy groups -OCH3 is 1. The fraction of sp³-hybridized carbons (Fsp3) is 0.562. The molecule has 0 spiro atoms. The zero-order valence-corrected chi connectivity index (χ0v) is 12.9. The zero-order chi connectivity index (χ0) is 15.1. The smallest absolute Gasteiger partial charge is 0.337 e. The molecule has 0 aliphatic heterocycles. The van der Waals surface area contributed by atoms with Crippen molar-refractivity contribution >= 4 is 17.3 Å². The average Bonchev–Trinajstić information content (AvgIpc) is 2.78. The molecule has 0 saturated heterocycles. The Morgan fingerprint density at radius 3 is 2.40 bits per heavy atom. The molecule has 0 unspecified atom stereocenters. The Hall–Kier alpha value is -1.71. The van der Waals surface area contributed by atoms with Gasteiger partial charge in [0.1, 0.15) is 0 Å². The predicted octanol–water partition coefficient (Wildman–Crippen LogP) is 3.15. The number of benzene rings is 1. The molecule has 20 heavy (non-hydrogen) atoms. The maximum atomic E-state index is 11.5. The highest BCUT2D eigenvalue weighted by Crippen LogP contribution is 2.68. The normalized spacial score (nSPS) is 19.4. The van der Waals surface area contributed by atoms with Crippen molar-refractivity contribution in [3.8, 4) is 0 Å². The van der Waals surface area contributed by atoms with Gasteiger partial charge in [0.2, 0.25) is 0 Å². The molecule has 1 aromatic rings. The van der Waals surface area contributed by atoms with Crippen molar-refractivity contribution in [2.45, 2.75) is 27.7 Å². The lowest BCUT2D eigenvalue weighted by atomic mass is 10.0. The lowest BCUT2D eigenvalue weighted by molar-refractivity contribution is 0.0601. The van der Waals surface area contributed by atoms with Gasteiger partial charge in [-0.25, -0.2) is 4.79 Å². The molecule has 3 N–H and O–H groups in total. The van der Waals surface area contributed by atoms with E-state index in [2.05, 4.69) is 33.0 Å². The maximum absolute atomic E-state index is 11.5. The molecule has 4 nitrogen and oxygen atoms in total. The van der Waals surface area contributed by atoms with Gasteiger partial charge in [0.05, 0.1) is 24.0 Å². The number of ether oxygens (including phenoxy) is 1. The van der Waals surface area contributed by atoms with Crippen LogP contribution in [0, 0.1) is 16.7 Å². The monoisotopic (exact) mass is 276 g/mol. The van der Waals surface area contributed by atoms with Gasteiger partial charge in [-0.1, -0.05) is 27.7 Å². The summed E-state index contributed by atoms with van der Waals surface area (Å²) in [7, 11) is 1.38. The molecule has 1 fully saturated rings. The number of esters is 1. The summed E-state index contributed by atoms with van der Waals surface area (Å²) in [6.07, 6.45) is 0. The van der Waals surface area contributed by atoms with Gasteiger partial charge in [-0.15, -0.1) is 0 Å². The Balaban J connectivity index is 2.09. The summed E-state index contributed by atoms with van der Waals surface area (Å²) >= 11 is 0. The lowest BCUT2D eigenvalue weighted by Gasteiger charge is -2.11. The summed E-state index contributed by atoms with van der Waals surface area (Å²) in [6.45, 7) is 10.00. The number of carbonyl (C=O) groups excluding carboxylic acids is 1. The molecule has 1 saturated carbocycles. The van der Waals surface area contributed by atoms with E-state index in [0.29, 0.717) is 28.0 Å². The van der Waals surface area contributed by atoms with E-state index in [1.54, 1.807) is 18.2 Å². The van der Waals surface area contributed by atoms with E-state index in [9.17, 15) is 4.79 Å². The Kier molecular flexibility index (Phi) is 3.44. The van der Waals surface area contributed by atoms with E-state index in [-0.39, 0.29) is 5.97 Å². The number of carbonyl (C=O) groups is 1. The van der Waals surface area contributed by atoms with Gasteiger partial charge in [-0.2, -0.15) is 0 Å². The van der Waals surface area contributed by atoms with Gasteiger partial charge in [-0.05, 0) is 34.9 Å². The van der Waals surface area contributed by atoms with Gasteiger partial charge in [0.25, 0.3) is 0 Å². The van der Waals surface area contributed by atoms with Crippen molar-refractivity contribution in [2.75, 3.05) is 24.7 Å². The van der Waals surface area contributed by atoms with Crippen LogP contribution in [-0.4, -0.2) is 19.6 Å². The molecule has 0 bridgehead atoms. The van der Waals surface area contributed by atoms with Crippen LogP contribution in [0.1, 0.15) is 38.1 Å². The number of nitrogens with one attached hydrogen (secondary N) is 1. The highest BCUT2D eigenvalue weighted by molar-refractivity contribution is 5.91. The molecule has 1 aromatic carbocycles. The first-order chi connectivity index (χ1) is 9.21. The fourth-order valence-corrected chi connectivity index (χ4v) is 3.01. The molecule has 0 radical (unpaired) electrons. The molecule has 1 aliphatic rings. The Bertz CT molecular complexity index is 521. The van der Waals surface area contributed by atoms with Crippen LogP contribution < -0.4 is 11.1 Å². The summed E-state index contributed by atoms with van der Waals surface area (Å²) < 4.78 is 4.73. The number of nitrogen functional groups attached to an aromatic ring is 1. The predicted molar refractivity (Wildman–Crippen MR) is 81.7 cm³/mol. The summed E-state index contributed by atoms with van der Waals surface area (Å²) in [6, 6.07) is 5.17. The minimum absolute atomic E-state index is 0.328. The largest absolute Gasteiger partial charge is 0.465 e. The van der Waals surface area contributed by atoms with Crippen LogP contribution in [0.25, 0.3) is 0 Å². The van der Waals surface area contributed by atoms with Crippen LogP contribution in [0.2, 0.25) is 0 Å². The SMILES string of the molecule is COC(=O)c1ccc(N)c(NCC2C(C)(C)C2(C)C)c1. The quantitative estimate of drug-likeness (QED) is 0.655. The minimum atomic E-state index is -0.347. The van der Waals surface area contributed by atoms with E-state index < -0.39 is 0 Å². The number of nitrogens with two attached hydrogens (primary N) is 1. The highest BCUT2D eigenvalue weighted by atomic mass is 16.5. The molecule has 0 heterocycles. The third-order valence-electron chi connectivity index (χ3n) is 5.29. The molecule has 4 heteroatoms. The topological polar surface area (TPSA) is 64.3 Å². The van der Waals surface area contributed by atoms with Crippen molar-refractivity contribution in [3.05, 3.63) is 23.8 Å². The summed E-state index contributed by atoms with van der Waals surface area (Å²) in [5.41, 5.74) is 8.57. The average molecular weight is 276 g/mol. The first-order valence-corrected chi connectivity index (χ1v) is 6.93. The molecular formula is C16H24N2O2. The Labute approximate surface area is 120 Å². The van der Waals surface area contributed by atoms with Crippen molar-refractivity contribution < 1.29 is 9.53 Å². The van der Waals surface area contributed by atoms with E-state index in [4.69, 9.17) is 10.5 Å². The first-order valence-electron chi connectivity index (χ1n) is 6.93. The van der Waals surface area contributed by atoms with Crippen molar-refractivity contribution in [2.24, 2.45) is 16.7 Å². The Morgan fingerprint density at radius 2 is 1.90 bits per heavy atom. The van der Waals surface area contributed by atoms with E-state index in [1.807, 2.05) is 0 Å². The number of rotatable bonds is 4. The molecule has 110 valence electrons. The van der Waals surface area contributed by atoms with Gasteiger partial charge in [-0.3, -0.25) is 0 Å². The van der Waals surface area contributed by atoms with Gasteiger partial charge >= 0.3 is 5.97 Å². The molecule has 0 aromatic heterocycles. The second-order valence-electron chi connectivity index (χ2n) is 6.67. The third kappa shape index (κ3) is 2.23. The third-order valence-corrected chi connectivity index (χ3v) is 5.29. The first kappa shape index (κ1) is 14.7. The Morgan fingerprint density at radius 1 is 1.30 bits per heavy atom. The van der Waals surface area contributed by atoms with Crippen LogP contribution in [0.5, 0.6) is 0 Å². The lowest BCUT2D eigenvalue weighted by Crippen LogP contribution is -2.11. The highest BCUT2D eigenvalue weighted by Gasteiger charge is 2.64. The molecular weight excluding hydrogens is 252 g/mol. The molecule has 0 amide bonds. The summed E-state index contributed by atoms with van der Waals surface area (Å²) in [5.74, 6) is 0.247. The van der Waals surface area contributed by atoms with Crippen LogP contribution >= 0.6 is 0 Å². The molecule has 0 atom stereocenters. The van der Waals surface area contributed by atoms with Crippen LogP contribution in [0.4, 0.5) is 11.4 Å². The van der Waals surface area contributed by atoms with E-state index in [0.717, 1.165) is 12.2 Å². The van der Waals surface area contributed by atoms with Gasteiger partial charge in [0, 0.05) is 6.54 Å². The molecule has 2 rings (SSSR count). The minimum Gasteiger partial charge on any atom is -0.465 e. The van der Waals surface area contributed by atoms with E-state index in [1.165, 1.54) is 7.11 Å². The number of hydrogen-bond donors (Lipinski definition) is 2. The maximum Gasteiger partial charge on any atom is 0.337 e. The van der Waals surface area contributed by atoms with Crippen molar-refractivity contribution in [1.82, 2.24) is 0 Å². The van der Waals surface area contributed by atoms with Crippen LogP contribution in [0.3, 0.4) is 0 Å². The summed E-state index contributed by atoms with van der Waals surface area (Å²) in [4.78, 5) is 11.5. The number of anilines is 2. The fourth-order valence-electron chi connectivity index (χ4n) is 3.01. The van der Waals surface area contributed by atoms with Crippen molar-refractivity contribution in [3.63, 3.8) is 0 Å². The zero-order valence-electron chi connectivity index (χ0n) is 12.9. The van der Waals surface area contributed by atoms with E-state index >= 15 is 0 Å². The van der Waals surface area contributed by atoms with Gasteiger partial charge < -0.3 is 15.8 Å². The van der Waals surface area contributed by atoms with Crippen LogP contribution in [0.15, 0.2) is 18.2 Å². The standard InChI is InChI=1S/C16H24N2O2/c1-15(2)13(16(15,3)4)9-18-12-8-10(14(19)20-5)6-7-11(12)17/h6-8,13,18H,9,17H2,1-5H3. The second-order valence-corrected chi connectivity index (χ2v) is 6.67.